The smallest absolute Gasteiger partial charge is 0.507 e. The first-order chi connectivity index (χ1) is 30.9. The molecule has 0 spiro atoms. The maximum atomic E-state index is 14.5. The number of aliphatic hydroxyl groups excluding tert-OH is 2. The van der Waals surface area contributed by atoms with Crippen LogP contribution < -0.4 is 39.6 Å². The number of piperazine rings is 1. The molecule has 15 nitrogen and oxygen atoms in total. The summed E-state index contributed by atoms with van der Waals surface area (Å²) in [4.78, 5) is 30.7. The van der Waals surface area contributed by atoms with Crippen LogP contribution in [0.3, 0.4) is 0 Å². The third-order valence-electron chi connectivity index (χ3n) is 13.2. The Bertz CT molecular complexity index is 2380. The van der Waals surface area contributed by atoms with Crippen LogP contribution in [0.25, 0.3) is 16.8 Å². The molecule has 9 atom stereocenters. The number of Topliss-reactive ketones (excluding diaryl/α,β-unsaturated/α-hetero) is 1. The molecule has 0 radical (unpaired) electrons. The number of hydrazone groups is 1. The largest absolute Gasteiger partial charge is 1.00 e. The van der Waals surface area contributed by atoms with Crippen LogP contribution in [-0.2, 0) is 19.0 Å². The van der Waals surface area contributed by atoms with E-state index in [0.717, 1.165) is 12.1 Å². The Labute approximate surface area is 409 Å². The summed E-state index contributed by atoms with van der Waals surface area (Å²) in [6.07, 6.45) is 10.1. The minimum atomic E-state index is -2.00. The number of rotatable bonds is 7. The van der Waals surface area contributed by atoms with E-state index < -0.39 is 76.9 Å². The normalized spacial score (nSPS) is 29.9. The number of allylic oxidation sites excluding steroid dienone is 2. The van der Waals surface area contributed by atoms with Gasteiger partial charge in [-0.05, 0) is 25.5 Å². The van der Waals surface area contributed by atoms with E-state index in [1.54, 1.807) is 44.0 Å². The van der Waals surface area contributed by atoms with Crippen LogP contribution in [0.15, 0.2) is 77.6 Å². The Morgan fingerprint density at radius 2 is 1.56 bits per heavy atom. The monoisotopic (exact) mass is 919 g/mol. The number of ether oxygens (including phenoxy) is 4. The maximum absolute atomic E-state index is 14.5. The number of benzene rings is 3. The molecule has 6 N–H and O–H groups in total. The van der Waals surface area contributed by atoms with E-state index in [4.69, 9.17) is 18.9 Å². The van der Waals surface area contributed by atoms with Gasteiger partial charge in [-0.3, -0.25) is 19.5 Å². The van der Waals surface area contributed by atoms with Crippen molar-refractivity contribution in [3.05, 3.63) is 94.8 Å². The number of hydrogen-bond acceptors (Lipinski definition) is 14. The number of phenols is 3. The number of carbonyl (C=O) groups excluding carboxylic acids is 2. The number of ketones is 1. The fourth-order valence-electron chi connectivity index (χ4n) is 8.97. The summed E-state index contributed by atoms with van der Waals surface area (Å²) in [5, 5.41) is 67.5. The number of fused-ring (bicyclic) bond motifs is 14. The van der Waals surface area contributed by atoms with Gasteiger partial charge in [0.15, 0.2) is 5.75 Å². The number of aromatic hydroxyl groups is 3. The molecule has 1 saturated heterocycles. The van der Waals surface area contributed by atoms with Crippen molar-refractivity contribution in [2.75, 3.05) is 52.3 Å². The summed E-state index contributed by atoms with van der Waals surface area (Å²) in [6, 6.07) is 10.0. The van der Waals surface area contributed by atoms with Crippen LogP contribution in [0.4, 0.5) is 5.69 Å². The van der Waals surface area contributed by atoms with Crippen molar-refractivity contribution in [2.45, 2.75) is 78.7 Å². The third-order valence-corrected chi connectivity index (χ3v) is 13.2. The molecular formula is C50H64N4NaO11+. The van der Waals surface area contributed by atoms with Crippen molar-refractivity contribution in [1.29, 1.82) is 0 Å². The molecule has 7 rings (SSSR count). The van der Waals surface area contributed by atoms with Crippen molar-refractivity contribution in [3.63, 3.8) is 0 Å². The molecule has 5 bridgehead atoms. The Balaban J connectivity index is 0.00000817. The number of carbonyl (C=O) groups is 2. The number of anilines is 1. The molecule has 1 amide bonds. The fourth-order valence-corrected chi connectivity index (χ4v) is 8.97. The second-order valence-electron chi connectivity index (χ2n) is 17.6. The average molecular weight is 920 g/mol. The number of nitrogens with one attached hydrogen (secondary N) is 1. The zero-order chi connectivity index (χ0) is 47.3. The quantitative estimate of drug-likeness (QED) is 0.0872. The van der Waals surface area contributed by atoms with Gasteiger partial charge >= 0.3 is 35.3 Å². The molecule has 1 fully saturated rings. The summed E-state index contributed by atoms with van der Waals surface area (Å²) < 4.78 is 23.9. The van der Waals surface area contributed by atoms with Crippen molar-refractivity contribution >= 4 is 40.4 Å². The van der Waals surface area contributed by atoms with Gasteiger partial charge < -0.3 is 49.8 Å². The average Bonchev–Trinajstić information content (AvgIpc) is 3.56. The standard InChI is InChI=1S/C50H64N4O11.Na/c1-28-15-13-16-29(2)49(61)52-40-35(27-51-54-24-22-53(23-25-54)21-14-19-34-17-11-10-12-18-34)44(58)37-38(45(40)59)43(57)33(6)47-39(37)48(60)50(7,65-47)64-26-20-36(62-8)30(3)46(63-9)32(5)42(56)31(4)41(28)55;/h10-20,26-28,30-32,36,41-42,46,55-59H,21-25H2,1-9H3,(H,52,61);/q;+1/b15-13+,19-14+,26-20+,29-16-,51-27+;/t28-,30+,31+,32-,36-,41-,42+,46+,50-;/m0./s1. The molecule has 350 valence electrons. The van der Waals surface area contributed by atoms with Gasteiger partial charge in [0.2, 0.25) is 0 Å². The second kappa shape index (κ2) is 22.4. The first-order valence-corrected chi connectivity index (χ1v) is 22.1. The van der Waals surface area contributed by atoms with Crippen LogP contribution >= 0.6 is 0 Å². The minimum absolute atomic E-state index is 0. The molecule has 3 aromatic carbocycles. The van der Waals surface area contributed by atoms with Crippen LogP contribution in [0.1, 0.15) is 68.6 Å². The van der Waals surface area contributed by atoms with E-state index in [0.29, 0.717) is 26.2 Å². The summed E-state index contributed by atoms with van der Waals surface area (Å²) in [5.41, 5.74) is 0.870. The number of hydrogen-bond donors (Lipinski definition) is 6. The Morgan fingerprint density at radius 3 is 2.21 bits per heavy atom. The fraction of sp³-hybridized carbons (Fsp3) is 0.460. The van der Waals surface area contributed by atoms with Gasteiger partial charge in [-0.1, -0.05) is 88.4 Å². The van der Waals surface area contributed by atoms with Crippen LogP contribution in [-0.4, -0.2) is 130 Å². The predicted molar refractivity (Wildman–Crippen MR) is 250 cm³/mol. The van der Waals surface area contributed by atoms with Gasteiger partial charge in [-0.25, -0.2) is 0 Å². The van der Waals surface area contributed by atoms with Crippen molar-refractivity contribution < 1.29 is 83.6 Å². The van der Waals surface area contributed by atoms with E-state index in [2.05, 4.69) is 27.5 Å². The molecule has 0 unspecified atom stereocenters. The SMILES string of the molecule is CO[C@H]1[C@@H](C)[C@H](O)[C@H](C)[C@@H](O)[C@@H](C)/C=C/C=C(/C)C(=O)Nc2c(/C=N/N3CCN(C/C=C/c4ccccc4)CC3)c(O)c3c4c(c(C)c(O)c3c2O)O[C@](C)(O/C=C/[C@H](OC)[C@H]1C)C4=O.[Na+]. The number of aliphatic hydroxyl groups is 2. The van der Waals surface area contributed by atoms with Crippen LogP contribution in [0.2, 0.25) is 0 Å². The number of methoxy groups -OCH3 is 2. The first-order valence-electron chi connectivity index (χ1n) is 22.1. The molecule has 4 aliphatic rings. The van der Waals surface area contributed by atoms with Gasteiger partial charge in [-0.2, -0.15) is 5.10 Å². The van der Waals surface area contributed by atoms with Crippen molar-refractivity contribution in [1.82, 2.24) is 9.91 Å². The minimum Gasteiger partial charge on any atom is -0.507 e. The van der Waals surface area contributed by atoms with E-state index in [9.17, 15) is 35.1 Å². The Kier molecular flexibility index (Phi) is 17.7. The zero-order valence-electron chi connectivity index (χ0n) is 39.7. The number of phenolic OH excluding ortho intramolecular Hbond substituents is 3. The number of nitrogens with zero attached hydrogens (tertiary/aromatic N) is 3. The molecule has 66 heavy (non-hydrogen) atoms. The summed E-state index contributed by atoms with van der Waals surface area (Å²) in [7, 11) is 3.05. The summed E-state index contributed by atoms with van der Waals surface area (Å²) in [6.45, 7) is 14.9. The van der Waals surface area contributed by atoms with E-state index in [-0.39, 0.29) is 79.9 Å². The van der Waals surface area contributed by atoms with Gasteiger partial charge in [0.1, 0.15) is 17.2 Å². The van der Waals surface area contributed by atoms with E-state index in [1.807, 2.05) is 44.2 Å². The van der Waals surface area contributed by atoms with Crippen LogP contribution in [0.5, 0.6) is 23.0 Å². The predicted octanol–water partition coefficient (Wildman–Crippen LogP) is 3.51. The van der Waals surface area contributed by atoms with Gasteiger partial charge in [-0.15, -0.1) is 0 Å². The summed E-state index contributed by atoms with van der Waals surface area (Å²) in [5.74, 6) is -6.95. The molecule has 16 heteroatoms. The zero-order valence-corrected chi connectivity index (χ0v) is 41.7. The molecule has 0 aromatic heterocycles. The third kappa shape index (κ3) is 10.8. The molecule has 4 aliphatic heterocycles. The second-order valence-corrected chi connectivity index (χ2v) is 17.6. The van der Waals surface area contributed by atoms with E-state index >= 15 is 0 Å². The molecule has 0 saturated carbocycles. The first kappa shape index (κ1) is 52.3. The van der Waals surface area contributed by atoms with Gasteiger partial charge in [0.05, 0.1) is 59.1 Å². The summed E-state index contributed by atoms with van der Waals surface area (Å²) >= 11 is 0. The molecular weight excluding hydrogens is 856 g/mol. The van der Waals surface area contributed by atoms with Crippen molar-refractivity contribution in [2.24, 2.45) is 28.8 Å². The number of amides is 1. The molecule has 3 aromatic rings. The van der Waals surface area contributed by atoms with Gasteiger partial charge in [0, 0.05) is 94.1 Å². The van der Waals surface area contributed by atoms with Crippen molar-refractivity contribution in [3.8, 4) is 23.0 Å². The van der Waals surface area contributed by atoms with Crippen LogP contribution in [0, 0.1) is 30.6 Å². The molecule has 0 aliphatic carbocycles. The van der Waals surface area contributed by atoms with Gasteiger partial charge in [0.25, 0.3) is 11.7 Å². The maximum Gasteiger partial charge on any atom is 1.00 e. The Hall–Kier alpha value is -4.71. The topological polar surface area (TPSA) is 203 Å². The molecule has 4 heterocycles. The Morgan fingerprint density at radius 1 is 0.879 bits per heavy atom. The van der Waals surface area contributed by atoms with E-state index in [1.165, 1.54) is 46.6 Å².